The van der Waals surface area contributed by atoms with E-state index in [1.165, 1.54) is 7.11 Å². The highest BCUT2D eigenvalue weighted by molar-refractivity contribution is 6.06. The van der Waals surface area contributed by atoms with Crippen LogP contribution in [0.15, 0.2) is 103 Å². The van der Waals surface area contributed by atoms with Crippen LogP contribution in [0.4, 0.5) is 5.82 Å². The fourth-order valence-electron chi connectivity index (χ4n) is 7.22. The number of rotatable bonds is 3. The average molecular weight is 574 g/mol. The molecule has 1 N–H and O–H groups in total. The van der Waals surface area contributed by atoms with Crippen molar-refractivity contribution in [1.82, 2.24) is 9.97 Å². The summed E-state index contributed by atoms with van der Waals surface area (Å²) in [5.41, 5.74) is 11.4. The number of carbonyl (C=O) groups is 2. The first-order valence-corrected chi connectivity index (χ1v) is 14.5. The third-order valence-corrected chi connectivity index (χ3v) is 9.02. The number of esters is 1. The lowest BCUT2D eigenvalue weighted by Crippen LogP contribution is -2.27. The topological polar surface area (TPSA) is 81.2 Å². The van der Waals surface area contributed by atoms with Crippen molar-refractivity contribution >= 4 is 28.7 Å². The Morgan fingerprint density at radius 3 is 1.91 bits per heavy atom. The van der Waals surface area contributed by atoms with Crippen molar-refractivity contribution in [2.75, 3.05) is 12.4 Å². The van der Waals surface area contributed by atoms with Gasteiger partial charge in [0.05, 0.1) is 18.1 Å². The molecular formula is C38H27N3O3. The molecule has 6 heteroatoms. The molecule has 0 saturated carbocycles. The van der Waals surface area contributed by atoms with Gasteiger partial charge in [-0.3, -0.25) is 4.79 Å². The second kappa shape index (κ2) is 9.44. The number of aryl methyl sites for hydroxylation is 2. The van der Waals surface area contributed by atoms with E-state index in [9.17, 15) is 9.59 Å². The SMILES string of the molecule is COC(=O)c1ccc2c(c1)[C@]1(c3ccccc3-c3ccc(C(=O)Nc4ccc5c(C)cc(C)nc5n4)cc31)c1ccccc1-2. The van der Waals surface area contributed by atoms with Gasteiger partial charge >= 0.3 is 5.97 Å². The summed E-state index contributed by atoms with van der Waals surface area (Å²) < 4.78 is 5.11. The molecule has 0 aliphatic heterocycles. The summed E-state index contributed by atoms with van der Waals surface area (Å²) >= 11 is 0. The van der Waals surface area contributed by atoms with Gasteiger partial charge in [-0.1, -0.05) is 60.7 Å². The van der Waals surface area contributed by atoms with Crippen LogP contribution in [0.5, 0.6) is 0 Å². The number of hydrogen-bond acceptors (Lipinski definition) is 5. The quantitative estimate of drug-likeness (QED) is 0.220. The van der Waals surface area contributed by atoms with E-state index in [2.05, 4.69) is 39.6 Å². The molecule has 2 aromatic heterocycles. The molecule has 2 aliphatic carbocycles. The van der Waals surface area contributed by atoms with E-state index in [1.807, 2.05) is 92.7 Å². The van der Waals surface area contributed by atoms with E-state index in [1.54, 1.807) is 0 Å². The molecule has 6 aromatic rings. The molecule has 6 nitrogen and oxygen atoms in total. The molecule has 1 atom stereocenters. The molecule has 2 aliphatic rings. The molecule has 8 rings (SSSR count). The minimum atomic E-state index is -0.710. The predicted octanol–water partition coefficient (Wildman–Crippen LogP) is 7.63. The smallest absolute Gasteiger partial charge is 0.337 e. The van der Waals surface area contributed by atoms with E-state index in [0.29, 0.717) is 22.6 Å². The number of benzene rings is 4. The van der Waals surface area contributed by atoms with Crippen LogP contribution in [0, 0.1) is 13.8 Å². The van der Waals surface area contributed by atoms with Crippen molar-refractivity contribution < 1.29 is 14.3 Å². The number of amides is 1. The first-order chi connectivity index (χ1) is 21.4. The average Bonchev–Trinajstić information content (AvgIpc) is 3.50. The lowest BCUT2D eigenvalue weighted by Gasteiger charge is -2.30. The summed E-state index contributed by atoms with van der Waals surface area (Å²) in [5.74, 6) is -0.205. The van der Waals surface area contributed by atoms with Crippen molar-refractivity contribution in [3.8, 4) is 22.3 Å². The van der Waals surface area contributed by atoms with E-state index in [0.717, 1.165) is 61.2 Å². The molecule has 44 heavy (non-hydrogen) atoms. The molecule has 1 spiro atoms. The molecule has 0 saturated heterocycles. The molecule has 212 valence electrons. The summed E-state index contributed by atoms with van der Waals surface area (Å²) in [7, 11) is 1.40. The summed E-state index contributed by atoms with van der Waals surface area (Å²) in [6.45, 7) is 3.97. The number of anilines is 1. The molecular weight excluding hydrogens is 546 g/mol. The highest BCUT2D eigenvalue weighted by atomic mass is 16.5. The lowest BCUT2D eigenvalue weighted by molar-refractivity contribution is 0.0600. The van der Waals surface area contributed by atoms with E-state index < -0.39 is 5.41 Å². The normalized spacial score (nSPS) is 15.4. The van der Waals surface area contributed by atoms with Crippen LogP contribution in [-0.2, 0) is 10.2 Å². The molecule has 4 aromatic carbocycles. The zero-order valence-corrected chi connectivity index (χ0v) is 24.4. The maximum atomic E-state index is 13.8. The predicted molar refractivity (Wildman–Crippen MR) is 171 cm³/mol. The lowest BCUT2D eigenvalue weighted by atomic mass is 9.70. The van der Waals surface area contributed by atoms with E-state index >= 15 is 0 Å². The van der Waals surface area contributed by atoms with Crippen molar-refractivity contribution in [3.05, 3.63) is 148 Å². The number of pyridine rings is 2. The van der Waals surface area contributed by atoms with Crippen LogP contribution in [0.3, 0.4) is 0 Å². The largest absolute Gasteiger partial charge is 0.465 e. The van der Waals surface area contributed by atoms with Crippen LogP contribution in [0.25, 0.3) is 33.3 Å². The number of methoxy groups -OCH3 is 1. The molecule has 0 radical (unpaired) electrons. The van der Waals surface area contributed by atoms with Crippen molar-refractivity contribution in [2.24, 2.45) is 0 Å². The third kappa shape index (κ3) is 3.54. The molecule has 0 bridgehead atoms. The third-order valence-electron chi connectivity index (χ3n) is 9.02. The molecule has 2 heterocycles. The van der Waals surface area contributed by atoms with Gasteiger partial charge in [-0.2, -0.15) is 0 Å². The number of fused-ring (bicyclic) bond motifs is 11. The Morgan fingerprint density at radius 2 is 1.25 bits per heavy atom. The fraction of sp³-hybridized carbons (Fsp3) is 0.105. The fourth-order valence-corrected chi connectivity index (χ4v) is 7.22. The summed E-state index contributed by atoms with van der Waals surface area (Å²) in [4.78, 5) is 35.7. The van der Waals surface area contributed by atoms with Gasteiger partial charge in [-0.15, -0.1) is 0 Å². The second-order valence-corrected chi connectivity index (χ2v) is 11.5. The van der Waals surface area contributed by atoms with Gasteiger partial charge in [0.25, 0.3) is 5.91 Å². The summed E-state index contributed by atoms with van der Waals surface area (Å²) in [6, 6.07) is 34.2. The first kappa shape index (κ1) is 26.0. The standard InChI is InChI=1S/C38H27N3O3/c1-21-18-22(2)39-35-25(21)16-17-34(40-35)41-36(42)23-12-14-28-26-8-4-6-10-30(26)38(32(28)19-23)31-11-7-5-9-27(31)29-15-13-24(20-33(29)38)37(43)44-3/h4-20H,1-3H3,(H,39,40,41,42)/t38-/m1/s1. The Morgan fingerprint density at radius 1 is 0.659 bits per heavy atom. The zero-order valence-electron chi connectivity index (χ0n) is 24.4. The number of nitrogens with zero attached hydrogens (tertiary/aromatic N) is 2. The Balaban J connectivity index is 1.31. The Labute approximate surface area is 254 Å². The van der Waals surface area contributed by atoms with Gasteiger partial charge < -0.3 is 10.1 Å². The van der Waals surface area contributed by atoms with Gasteiger partial charge in [-0.25, -0.2) is 14.8 Å². The molecule has 1 amide bonds. The monoisotopic (exact) mass is 573 g/mol. The van der Waals surface area contributed by atoms with Crippen LogP contribution in [-0.4, -0.2) is 29.0 Å². The van der Waals surface area contributed by atoms with Gasteiger partial charge in [0, 0.05) is 16.6 Å². The maximum Gasteiger partial charge on any atom is 0.337 e. The minimum Gasteiger partial charge on any atom is -0.465 e. The molecule has 0 fully saturated rings. The Kier molecular flexibility index (Phi) is 5.59. The van der Waals surface area contributed by atoms with Gasteiger partial charge in [0.1, 0.15) is 5.82 Å². The van der Waals surface area contributed by atoms with Crippen LogP contribution in [0.2, 0.25) is 0 Å². The number of ether oxygens (including phenoxy) is 1. The molecule has 0 unspecified atom stereocenters. The van der Waals surface area contributed by atoms with Crippen LogP contribution in [0.1, 0.15) is 54.2 Å². The van der Waals surface area contributed by atoms with Gasteiger partial charge in [0.2, 0.25) is 0 Å². The zero-order chi connectivity index (χ0) is 30.2. The minimum absolute atomic E-state index is 0.259. The summed E-state index contributed by atoms with van der Waals surface area (Å²) in [6.07, 6.45) is 0. The van der Waals surface area contributed by atoms with Crippen molar-refractivity contribution in [2.45, 2.75) is 19.3 Å². The number of hydrogen-bond donors (Lipinski definition) is 1. The van der Waals surface area contributed by atoms with Crippen molar-refractivity contribution in [3.63, 3.8) is 0 Å². The maximum absolute atomic E-state index is 13.8. The number of carbonyl (C=O) groups excluding carboxylic acids is 2. The van der Waals surface area contributed by atoms with Crippen molar-refractivity contribution in [1.29, 1.82) is 0 Å². The van der Waals surface area contributed by atoms with Gasteiger partial charge in [0.15, 0.2) is 5.65 Å². The Hall–Kier alpha value is -5.62. The van der Waals surface area contributed by atoms with E-state index in [-0.39, 0.29) is 11.9 Å². The van der Waals surface area contributed by atoms with Crippen LogP contribution < -0.4 is 5.32 Å². The Bertz CT molecular complexity index is 2210. The summed E-state index contributed by atoms with van der Waals surface area (Å²) in [5, 5.41) is 3.95. The highest BCUT2D eigenvalue weighted by Gasteiger charge is 2.52. The highest BCUT2D eigenvalue weighted by Crippen LogP contribution is 2.62. The number of nitrogens with one attached hydrogen (secondary N) is 1. The number of aromatic nitrogens is 2. The second-order valence-electron chi connectivity index (χ2n) is 11.5. The van der Waals surface area contributed by atoms with Crippen LogP contribution >= 0.6 is 0 Å². The van der Waals surface area contributed by atoms with E-state index in [4.69, 9.17) is 4.74 Å². The van der Waals surface area contributed by atoms with Gasteiger partial charge in [-0.05, 0) is 106 Å². The first-order valence-electron chi connectivity index (χ1n) is 14.5.